The van der Waals surface area contributed by atoms with E-state index in [1.165, 1.54) is 19.4 Å². The minimum Gasteiger partial charge on any atom is -0.382 e. The summed E-state index contributed by atoms with van der Waals surface area (Å²) in [5.74, 6) is 1.34. The fourth-order valence-electron chi connectivity index (χ4n) is 3.71. The standard InChI is InChI=1S/C19H30N4O/c1-15(2)14-22-10-7-16(8-11-22)13-21-19(24)23-12-9-20-17-5-3-4-6-18(17)23/h3-6,15-16,20H,7-14H2,1-2H3,(H,21,24). The third kappa shape index (κ3) is 4.20. The summed E-state index contributed by atoms with van der Waals surface area (Å²) in [6.45, 7) is 10.4. The summed E-state index contributed by atoms with van der Waals surface area (Å²) in [6.07, 6.45) is 2.37. The topological polar surface area (TPSA) is 47.6 Å². The smallest absolute Gasteiger partial charge is 0.322 e. The van der Waals surface area contributed by atoms with Crippen LogP contribution in [0.2, 0.25) is 0 Å². The fraction of sp³-hybridized carbons (Fsp3) is 0.632. The highest BCUT2D eigenvalue weighted by Crippen LogP contribution is 2.28. The molecular formula is C19H30N4O. The van der Waals surface area contributed by atoms with Gasteiger partial charge in [-0.25, -0.2) is 4.79 Å². The minimum absolute atomic E-state index is 0.0357. The third-order valence-electron chi connectivity index (χ3n) is 4.96. The molecule has 132 valence electrons. The fourth-order valence-corrected chi connectivity index (χ4v) is 3.71. The van der Waals surface area contributed by atoms with Crippen LogP contribution in [-0.2, 0) is 0 Å². The van der Waals surface area contributed by atoms with Gasteiger partial charge in [-0.1, -0.05) is 26.0 Å². The first-order valence-corrected chi connectivity index (χ1v) is 9.24. The molecule has 0 atom stereocenters. The maximum Gasteiger partial charge on any atom is 0.322 e. The van der Waals surface area contributed by atoms with Crippen molar-refractivity contribution in [2.45, 2.75) is 26.7 Å². The molecule has 0 spiro atoms. The molecule has 0 aliphatic carbocycles. The summed E-state index contributed by atoms with van der Waals surface area (Å²) in [7, 11) is 0. The lowest BCUT2D eigenvalue weighted by Crippen LogP contribution is -2.47. The van der Waals surface area contributed by atoms with E-state index in [0.717, 1.165) is 50.0 Å². The van der Waals surface area contributed by atoms with Crippen LogP contribution in [0.4, 0.5) is 16.2 Å². The van der Waals surface area contributed by atoms with Crippen LogP contribution in [0.15, 0.2) is 24.3 Å². The molecule has 5 heteroatoms. The Morgan fingerprint density at radius 2 is 2.00 bits per heavy atom. The first-order valence-electron chi connectivity index (χ1n) is 9.24. The van der Waals surface area contributed by atoms with Crippen molar-refractivity contribution in [3.05, 3.63) is 24.3 Å². The van der Waals surface area contributed by atoms with Crippen molar-refractivity contribution in [1.82, 2.24) is 10.2 Å². The number of likely N-dealkylation sites (tertiary alicyclic amines) is 1. The molecule has 1 aromatic rings. The predicted octanol–water partition coefficient (Wildman–Crippen LogP) is 3.00. The van der Waals surface area contributed by atoms with Crippen molar-refractivity contribution in [2.24, 2.45) is 11.8 Å². The lowest BCUT2D eigenvalue weighted by molar-refractivity contribution is 0.166. The van der Waals surface area contributed by atoms with Crippen LogP contribution < -0.4 is 15.5 Å². The van der Waals surface area contributed by atoms with E-state index in [4.69, 9.17) is 0 Å². The molecule has 24 heavy (non-hydrogen) atoms. The Labute approximate surface area is 145 Å². The van der Waals surface area contributed by atoms with Gasteiger partial charge in [0.1, 0.15) is 0 Å². The second-order valence-electron chi connectivity index (χ2n) is 7.42. The van der Waals surface area contributed by atoms with Gasteiger partial charge >= 0.3 is 6.03 Å². The monoisotopic (exact) mass is 330 g/mol. The predicted molar refractivity (Wildman–Crippen MR) is 99.7 cm³/mol. The molecule has 0 bridgehead atoms. The first-order chi connectivity index (χ1) is 11.6. The molecule has 2 amide bonds. The summed E-state index contributed by atoms with van der Waals surface area (Å²) >= 11 is 0. The molecule has 0 radical (unpaired) electrons. The van der Waals surface area contributed by atoms with Gasteiger partial charge in [-0.15, -0.1) is 0 Å². The number of urea groups is 1. The molecule has 0 saturated carbocycles. The first kappa shape index (κ1) is 17.1. The Morgan fingerprint density at radius 3 is 2.75 bits per heavy atom. The summed E-state index contributed by atoms with van der Waals surface area (Å²) in [5, 5.41) is 6.51. The van der Waals surface area contributed by atoms with E-state index < -0.39 is 0 Å². The number of amides is 2. The average Bonchev–Trinajstić information content (AvgIpc) is 2.60. The number of para-hydroxylation sites is 2. The quantitative estimate of drug-likeness (QED) is 0.892. The van der Waals surface area contributed by atoms with Gasteiger partial charge in [0.25, 0.3) is 0 Å². The number of anilines is 2. The largest absolute Gasteiger partial charge is 0.382 e. The third-order valence-corrected chi connectivity index (χ3v) is 4.96. The zero-order valence-corrected chi connectivity index (χ0v) is 14.9. The number of carbonyl (C=O) groups excluding carboxylic acids is 1. The summed E-state index contributed by atoms with van der Waals surface area (Å²) in [6, 6.07) is 8.05. The molecule has 2 aliphatic heterocycles. The number of benzene rings is 1. The van der Waals surface area contributed by atoms with Gasteiger partial charge in [-0.3, -0.25) is 4.90 Å². The van der Waals surface area contributed by atoms with E-state index in [2.05, 4.69) is 29.4 Å². The van der Waals surface area contributed by atoms with Crippen molar-refractivity contribution in [3.8, 4) is 0 Å². The van der Waals surface area contributed by atoms with Crippen molar-refractivity contribution < 1.29 is 4.79 Å². The van der Waals surface area contributed by atoms with E-state index in [1.54, 1.807) is 0 Å². The highest BCUT2D eigenvalue weighted by Gasteiger charge is 2.24. The molecular weight excluding hydrogens is 300 g/mol. The zero-order valence-electron chi connectivity index (χ0n) is 14.9. The maximum absolute atomic E-state index is 12.6. The van der Waals surface area contributed by atoms with Gasteiger partial charge < -0.3 is 15.5 Å². The summed E-state index contributed by atoms with van der Waals surface area (Å²) in [4.78, 5) is 17.0. The number of carbonyl (C=O) groups is 1. The molecule has 1 aromatic carbocycles. The number of nitrogens with one attached hydrogen (secondary N) is 2. The highest BCUT2D eigenvalue weighted by atomic mass is 16.2. The molecule has 0 aromatic heterocycles. The minimum atomic E-state index is 0.0357. The van der Waals surface area contributed by atoms with Gasteiger partial charge in [0.15, 0.2) is 0 Å². The number of fused-ring (bicyclic) bond motifs is 1. The average molecular weight is 330 g/mol. The van der Waals surface area contributed by atoms with E-state index in [1.807, 2.05) is 29.2 Å². The Kier molecular flexibility index (Phi) is 5.61. The van der Waals surface area contributed by atoms with Crippen LogP contribution in [0.25, 0.3) is 0 Å². The van der Waals surface area contributed by atoms with Gasteiger partial charge in [0, 0.05) is 26.2 Å². The second kappa shape index (κ2) is 7.88. The molecule has 2 aliphatic rings. The van der Waals surface area contributed by atoms with Gasteiger partial charge in [-0.2, -0.15) is 0 Å². The highest BCUT2D eigenvalue weighted by molar-refractivity contribution is 5.96. The van der Waals surface area contributed by atoms with Crippen molar-refractivity contribution in [3.63, 3.8) is 0 Å². The normalized spacial score (nSPS) is 19.0. The van der Waals surface area contributed by atoms with Crippen LogP contribution in [0, 0.1) is 11.8 Å². The van der Waals surface area contributed by atoms with Crippen molar-refractivity contribution >= 4 is 17.4 Å². The molecule has 1 saturated heterocycles. The van der Waals surface area contributed by atoms with E-state index in [-0.39, 0.29) is 6.03 Å². The Morgan fingerprint density at radius 1 is 1.25 bits per heavy atom. The van der Waals surface area contributed by atoms with E-state index in [9.17, 15) is 4.79 Å². The Bertz CT molecular complexity index is 552. The lowest BCUT2D eigenvalue weighted by Gasteiger charge is -2.34. The number of nitrogens with zero attached hydrogens (tertiary/aromatic N) is 2. The van der Waals surface area contributed by atoms with Crippen molar-refractivity contribution in [2.75, 3.05) is 49.5 Å². The number of hydrogen-bond donors (Lipinski definition) is 2. The Balaban J connectivity index is 1.47. The molecule has 2 N–H and O–H groups in total. The molecule has 2 heterocycles. The lowest BCUT2D eigenvalue weighted by atomic mass is 9.96. The molecule has 1 fully saturated rings. The van der Waals surface area contributed by atoms with Gasteiger partial charge in [0.2, 0.25) is 0 Å². The van der Waals surface area contributed by atoms with Crippen LogP contribution in [0.5, 0.6) is 0 Å². The number of piperidine rings is 1. The maximum atomic E-state index is 12.6. The molecule has 0 unspecified atom stereocenters. The zero-order chi connectivity index (χ0) is 16.9. The number of rotatable bonds is 4. The van der Waals surface area contributed by atoms with Gasteiger partial charge in [0.05, 0.1) is 11.4 Å². The van der Waals surface area contributed by atoms with Crippen LogP contribution >= 0.6 is 0 Å². The van der Waals surface area contributed by atoms with Crippen LogP contribution in [0.1, 0.15) is 26.7 Å². The van der Waals surface area contributed by atoms with Crippen molar-refractivity contribution in [1.29, 1.82) is 0 Å². The second-order valence-corrected chi connectivity index (χ2v) is 7.42. The van der Waals surface area contributed by atoms with Crippen LogP contribution in [0.3, 0.4) is 0 Å². The Hall–Kier alpha value is -1.75. The molecule has 3 rings (SSSR count). The van der Waals surface area contributed by atoms with Crippen LogP contribution in [-0.4, -0.2) is 50.2 Å². The van der Waals surface area contributed by atoms with E-state index in [0.29, 0.717) is 5.92 Å². The van der Waals surface area contributed by atoms with E-state index >= 15 is 0 Å². The summed E-state index contributed by atoms with van der Waals surface area (Å²) in [5.41, 5.74) is 2.02. The summed E-state index contributed by atoms with van der Waals surface area (Å²) < 4.78 is 0. The SMILES string of the molecule is CC(C)CN1CCC(CNC(=O)N2CCNc3ccccc32)CC1. The molecule has 5 nitrogen and oxygen atoms in total. The number of hydrogen-bond acceptors (Lipinski definition) is 3. The van der Waals surface area contributed by atoms with Gasteiger partial charge in [-0.05, 0) is 49.9 Å².